The Bertz CT molecular complexity index is 1000. The number of amides is 2. The van der Waals surface area contributed by atoms with E-state index in [1.54, 1.807) is 0 Å². The van der Waals surface area contributed by atoms with Gasteiger partial charge in [-0.25, -0.2) is 9.59 Å². The first-order valence-corrected chi connectivity index (χ1v) is 11.1. The molecule has 0 bridgehead atoms. The third-order valence-electron chi connectivity index (χ3n) is 6.56. The van der Waals surface area contributed by atoms with Gasteiger partial charge in [0.25, 0.3) is 0 Å². The van der Waals surface area contributed by atoms with E-state index in [-0.39, 0.29) is 25.5 Å². The van der Waals surface area contributed by atoms with E-state index in [4.69, 9.17) is 9.47 Å². The fourth-order valence-corrected chi connectivity index (χ4v) is 4.53. The first kappa shape index (κ1) is 22.8. The van der Waals surface area contributed by atoms with Crippen molar-refractivity contribution in [2.45, 2.75) is 43.2 Å². The maximum absolute atomic E-state index is 12.3. The standard InChI is InChI=1S/C25H28N2O6/c1-32-16(13-22(28)27-25(23(29)30)11-6-12-25)14-26-24(31)33-15-21-19-9-4-2-7-17(19)18-8-3-5-10-20(18)21/h2-5,7-10,16,21H,6,11-15H2,1H3,(H,26,31)(H,27,28)(H,29,30). The van der Waals surface area contributed by atoms with Crippen molar-refractivity contribution in [1.82, 2.24) is 10.6 Å². The summed E-state index contributed by atoms with van der Waals surface area (Å²) in [6.45, 7) is 0.264. The van der Waals surface area contributed by atoms with Gasteiger partial charge in [0, 0.05) is 19.6 Å². The highest BCUT2D eigenvalue weighted by Crippen LogP contribution is 2.44. The van der Waals surface area contributed by atoms with E-state index in [1.807, 2.05) is 36.4 Å². The lowest BCUT2D eigenvalue weighted by molar-refractivity contribution is -0.152. The molecule has 2 aromatic carbocycles. The molecule has 1 fully saturated rings. The number of rotatable bonds is 9. The van der Waals surface area contributed by atoms with Crippen molar-refractivity contribution < 1.29 is 29.0 Å². The number of carboxylic acid groups (broad SMARTS) is 1. The quantitative estimate of drug-likeness (QED) is 0.539. The molecule has 1 unspecified atom stereocenters. The number of carbonyl (C=O) groups excluding carboxylic acids is 2. The van der Waals surface area contributed by atoms with E-state index in [0.717, 1.165) is 28.7 Å². The van der Waals surface area contributed by atoms with Gasteiger partial charge in [-0.2, -0.15) is 0 Å². The Hall–Kier alpha value is -3.39. The molecule has 4 rings (SSSR count). The summed E-state index contributed by atoms with van der Waals surface area (Å²) in [6, 6.07) is 16.2. The number of carbonyl (C=O) groups is 3. The minimum Gasteiger partial charge on any atom is -0.480 e. The highest BCUT2D eigenvalue weighted by molar-refractivity contribution is 5.88. The molecule has 1 saturated carbocycles. The van der Waals surface area contributed by atoms with Gasteiger partial charge in [0.15, 0.2) is 0 Å². The summed E-state index contributed by atoms with van der Waals surface area (Å²) in [4.78, 5) is 36.1. The summed E-state index contributed by atoms with van der Waals surface area (Å²) < 4.78 is 10.8. The van der Waals surface area contributed by atoms with E-state index in [2.05, 4.69) is 22.8 Å². The van der Waals surface area contributed by atoms with Gasteiger partial charge in [0.05, 0.1) is 12.5 Å². The fraction of sp³-hybridized carbons (Fsp3) is 0.400. The Kier molecular flexibility index (Phi) is 6.65. The van der Waals surface area contributed by atoms with Crippen LogP contribution in [0.3, 0.4) is 0 Å². The Labute approximate surface area is 192 Å². The summed E-state index contributed by atoms with van der Waals surface area (Å²) in [5, 5.41) is 14.6. The predicted molar refractivity (Wildman–Crippen MR) is 121 cm³/mol. The summed E-state index contributed by atoms with van der Waals surface area (Å²) in [6.07, 6.45) is 0.350. The van der Waals surface area contributed by atoms with Crippen LogP contribution in [0.1, 0.15) is 42.7 Å². The van der Waals surface area contributed by atoms with Gasteiger partial charge in [-0.3, -0.25) is 4.79 Å². The Balaban J connectivity index is 1.28. The van der Waals surface area contributed by atoms with Crippen LogP contribution >= 0.6 is 0 Å². The lowest BCUT2D eigenvalue weighted by atomic mass is 9.76. The van der Waals surface area contributed by atoms with Crippen LogP contribution in [0.25, 0.3) is 11.1 Å². The second-order valence-corrected chi connectivity index (χ2v) is 8.56. The number of fused-ring (bicyclic) bond motifs is 3. The minimum atomic E-state index is -1.17. The normalized spacial score (nSPS) is 16.6. The van der Waals surface area contributed by atoms with Crippen molar-refractivity contribution in [2.24, 2.45) is 0 Å². The molecule has 0 saturated heterocycles. The smallest absolute Gasteiger partial charge is 0.407 e. The van der Waals surface area contributed by atoms with Crippen molar-refractivity contribution in [3.05, 3.63) is 59.7 Å². The SMILES string of the molecule is COC(CNC(=O)OCC1c2ccccc2-c2ccccc21)CC(=O)NC1(C(=O)O)CCC1. The van der Waals surface area contributed by atoms with Crippen LogP contribution in [0.5, 0.6) is 0 Å². The van der Waals surface area contributed by atoms with Crippen LogP contribution < -0.4 is 10.6 Å². The predicted octanol–water partition coefficient (Wildman–Crippen LogP) is 3.05. The molecule has 3 N–H and O–H groups in total. The molecular weight excluding hydrogens is 424 g/mol. The number of nitrogens with one attached hydrogen (secondary N) is 2. The summed E-state index contributed by atoms with van der Waals surface area (Å²) >= 11 is 0. The van der Waals surface area contributed by atoms with Gasteiger partial charge in [0.1, 0.15) is 12.1 Å². The number of methoxy groups -OCH3 is 1. The van der Waals surface area contributed by atoms with Gasteiger partial charge in [-0.05, 0) is 41.5 Å². The molecule has 0 heterocycles. The van der Waals surface area contributed by atoms with Gasteiger partial charge in [0.2, 0.25) is 5.91 Å². The van der Waals surface area contributed by atoms with E-state index in [9.17, 15) is 19.5 Å². The van der Waals surface area contributed by atoms with Crippen LogP contribution in [-0.4, -0.2) is 55.0 Å². The van der Waals surface area contributed by atoms with Crippen molar-refractivity contribution in [3.8, 4) is 11.1 Å². The average Bonchev–Trinajstić information content (AvgIpc) is 3.11. The Morgan fingerprint density at radius 3 is 2.18 bits per heavy atom. The van der Waals surface area contributed by atoms with E-state index >= 15 is 0 Å². The zero-order chi connectivity index (χ0) is 23.4. The number of benzene rings is 2. The molecule has 8 heteroatoms. The maximum Gasteiger partial charge on any atom is 0.407 e. The van der Waals surface area contributed by atoms with E-state index in [0.29, 0.717) is 12.8 Å². The van der Waals surface area contributed by atoms with Gasteiger partial charge < -0.3 is 25.2 Å². The first-order chi connectivity index (χ1) is 15.9. The van der Waals surface area contributed by atoms with Crippen molar-refractivity contribution in [1.29, 1.82) is 0 Å². The van der Waals surface area contributed by atoms with Crippen LogP contribution in [0.4, 0.5) is 4.79 Å². The van der Waals surface area contributed by atoms with Crippen LogP contribution in [0, 0.1) is 0 Å². The number of ether oxygens (including phenoxy) is 2. The molecule has 0 aliphatic heterocycles. The van der Waals surface area contributed by atoms with Crippen molar-refractivity contribution in [2.75, 3.05) is 20.3 Å². The van der Waals surface area contributed by atoms with Crippen molar-refractivity contribution >= 4 is 18.0 Å². The average molecular weight is 453 g/mol. The minimum absolute atomic E-state index is 0.0400. The highest BCUT2D eigenvalue weighted by atomic mass is 16.5. The molecule has 2 aliphatic rings. The third kappa shape index (κ3) is 4.71. The molecule has 2 aromatic rings. The largest absolute Gasteiger partial charge is 0.480 e. The topological polar surface area (TPSA) is 114 Å². The molecule has 2 amide bonds. The molecule has 0 aromatic heterocycles. The van der Waals surface area contributed by atoms with Crippen LogP contribution in [0.15, 0.2) is 48.5 Å². The molecule has 0 radical (unpaired) electrons. The van der Waals surface area contributed by atoms with E-state index < -0.39 is 29.6 Å². The maximum atomic E-state index is 12.3. The fourth-order valence-electron chi connectivity index (χ4n) is 4.53. The first-order valence-electron chi connectivity index (χ1n) is 11.1. The molecule has 2 aliphatic carbocycles. The molecule has 0 spiro atoms. The number of alkyl carbamates (subject to hydrolysis) is 1. The van der Waals surface area contributed by atoms with Crippen molar-refractivity contribution in [3.63, 3.8) is 0 Å². The van der Waals surface area contributed by atoms with Crippen LogP contribution in [0.2, 0.25) is 0 Å². The number of hydrogen-bond acceptors (Lipinski definition) is 5. The van der Waals surface area contributed by atoms with Gasteiger partial charge >= 0.3 is 12.1 Å². The molecule has 174 valence electrons. The monoisotopic (exact) mass is 452 g/mol. The summed E-state index contributed by atoms with van der Waals surface area (Å²) in [7, 11) is 1.44. The molecule has 33 heavy (non-hydrogen) atoms. The lowest BCUT2D eigenvalue weighted by Crippen LogP contribution is -2.59. The number of carboxylic acids is 1. The second-order valence-electron chi connectivity index (χ2n) is 8.56. The number of hydrogen-bond donors (Lipinski definition) is 3. The molecule has 8 nitrogen and oxygen atoms in total. The second kappa shape index (κ2) is 9.62. The zero-order valence-electron chi connectivity index (χ0n) is 18.5. The van der Waals surface area contributed by atoms with Gasteiger partial charge in [-0.15, -0.1) is 0 Å². The summed E-state index contributed by atoms with van der Waals surface area (Å²) in [5.41, 5.74) is 3.38. The lowest BCUT2D eigenvalue weighted by Gasteiger charge is -2.38. The number of aliphatic carboxylic acids is 1. The van der Waals surface area contributed by atoms with E-state index in [1.165, 1.54) is 7.11 Å². The molecule has 1 atom stereocenters. The Morgan fingerprint density at radius 1 is 1.06 bits per heavy atom. The van der Waals surface area contributed by atoms with Crippen LogP contribution in [-0.2, 0) is 19.1 Å². The third-order valence-corrected chi connectivity index (χ3v) is 6.56. The summed E-state index contributed by atoms with van der Waals surface area (Å²) in [5.74, 6) is -1.48. The zero-order valence-corrected chi connectivity index (χ0v) is 18.5. The highest BCUT2D eigenvalue weighted by Gasteiger charge is 2.45. The Morgan fingerprint density at radius 2 is 1.67 bits per heavy atom. The van der Waals surface area contributed by atoms with Gasteiger partial charge in [-0.1, -0.05) is 48.5 Å². The molecular formula is C25H28N2O6.